The van der Waals surface area contributed by atoms with E-state index in [0.717, 1.165) is 62.3 Å². The molecule has 4 heterocycles. The van der Waals surface area contributed by atoms with Gasteiger partial charge in [0.05, 0.1) is 11.6 Å². The molecule has 10 nitrogen and oxygen atoms in total. The molecular formula is C24H31N7O3. The van der Waals surface area contributed by atoms with Gasteiger partial charge in [-0.15, -0.1) is 5.10 Å². The number of ether oxygens (including phenoxy) is 2. The second-order valence-electron chi connectivity index (χ2n) is 9.43. The molecule has 1 aliphatic carbocycles. The number of benzene rings is 1. The first-order chi connectivity index (χ1) is 16.7. The van der Waals surface area contributed by atoms with Crippen LogP contribution in [0.5, 0.6) is 11.5 Å². The van der Waals surface area contributed by atoms with Crippen LogP contribution in [0.1, 0.15) is 56.1 Å². The van der Waals surface area contributed by atoms with Gasteiger partial charge in [-0.05, 0) is 41.9 Å². The maximum atomic E-state index is 13.5. The maximum absolute atomic E-state index is 13.5. The molecule has 2 aromatic heterocycles. The summed E-state index contributed by atoms with van der Waals surface area (Å²) in [6.07, 6.45) is 4.53. The van der Waals surface area contributed by atoms with E-state index in [9.17, 15) is 4.79 Å². The third kappa shape index (κ3) is 3.84. The molecule has 1 saturated carbocycles. The summed E-state index contributed by atoms with van der Waals surface area (Å²) in [4.78, 5) is 21.4. The van der Waals surface area contributed by atoms with Gasteiger partial charge in [-0.3, -0.25) is 9.69 Å². The van der Waals surface area contributed by atoms with Gasteiger partial charge in [-0.25, -0.2) is 4.68 Å². The number of hydrogen-bond acceptors (Lipinski definition) is 8. The first-order valence-corrected chi connectivity index (χ1v) is 12.4. The fraction of sp³-hybridized carbons (Fsp3) is 0.583. The molecule has 6 rings (SSSR count). The average Bonchev–Trinajstić information content (AvgIpc) is 3.56. The van der Waals surface area contributed by atoms with Gasteiger partial charge in [0.2, 0.25) is 0 Å². The van der Waals surface area contributed by atoms with E-state index in [2.05, 4.69) is 37.2 Å². The highest BCUT2D eigenvalue weighted by Crippen LogP contribution is 2.36. The molecule has 3 aliphatic rings. The van der Waals surface area contributed by atoms with Gasteiger partial charge >= 0.3 is 0 Å². The number of piperazine rings is 1. The van der Waals surface area contributed by atoms with Crippen LogP contribution in [0.25, 0.3) is 10.9 Å². The Balaban J connectivity index is 1.46. The number of hydrogen-bond donors (Lipinski definition) is 1. The highest BCUT2D eigenvalue weighted by Gasteiger charge is 2.34. The molecule has 10 heteroatoms. The van der Waals surface area contributed by atoms with Crippen molar-refractivity contribution in [3.63, 3.8) is 0 Å². The van der Waals surface area contributed by atoms with Crippen molar-refractivity contribution in [3.8, 4) is 11.5 Å². The molecule has 0 amide bonds. The molecule has 0 spiro atoms. The number of aromatic amines is 1. The van der Waals surface area contributed by atoms with Gasteiger partial charge in [0.15, 0.2) is 17.3 Å². The van der Waals surface area contributed by atoms with E-state index >= 15 is 0 Å². The summed E-state index contributed by atoms with van der Waals surface area (Å²) in [5.74, 6) is 2.14. The van der Waals surface area contributed by atoms with Gasteiger partial charge in [0, 0.05) is 43.2 Å². The standard InChI is InChI=1S/C24H31N7O3/c1-2-29-7-9-30(10-8-29)22(23-26-27-28-31(23)17-5-3-4-6-17)18-13-16-14-20-21(34-12-11-33-20)15-19(16)25-24(18)32/h13-15,17,22H,2-12H2,1H3,(H,25,32)/t22-/m1/s1. The molecule has 0 bridgehead atoms. The van der Waals surface area contributed by atoms with Crippen molar-refractivity contribution in [2.75, 3.05) is 45.9 Å². The molecule has 2 fully saturated rings. The monoisotopic (exact) mass is 465 g/mol. The SMILES string of the molecule is CCN1CCN([C@H](c2cc3cc4c(cc3[nH]c2=O)OCCO4)c2nnnn2C2CCCC2)CC1. The van der Waals surface area contributed by atoms with Crippen LogP contribution in [0.15, 0.2) is 23.0 Å². The number of rotatable bonds is 5. The Morgan fingerprint density at radius 3 is 2.53 bits per heavy atom. The summed E-state index contributed by atoms with van der Waals surface area (Å²) < 4.78 is 13.5. The third-order valence-electron chi connectivity index (χ3n) is 7.48. The minimum atomic E-state index is -0.309. The minimum absolute atomic E-state index is 0.118. The van der Waals surface area contributed by atoms with Crippen molar-refractivity contribution in [1.29, 1.82) is 0 Å². The van der Waals surface area contributed by atoms with Crippen LogP contribution in [0.2, 0.25) is 0 Å². The van der Waals surface area contributed by atoms with Crippen LogP contribution in [0.4, 0.5) is 0 Å². The number of nitrogens with one attached hydrogen (secondary N) is 1. The molecule has 180 valence electrons. The Labute approximate surface area is 197 Å². The highest BCUT2D eigenvalue weighted by molar-refractivity contribution is 5.83. The molecule has 1 aromatic carbocycles. The second-order valence-corrected chi connectivity index (χ2v) is 9.43. The van der Waals surface area contributed by atoms with Crippen molar-refractivity contribution < 1.29 is 9.47 Å². The quantitative estimate of drug-likeness (QED) is 0.612. The number of nitrogens with zero attached hydrogens (tertiary/aromatic N) is 6. The van der Waals surface area contributed by atoms with Gasteiger partial charge in [0.25, 0.3) is 5.56 Å². The maximum Gasteiger partial charge on any atom is 0.253 e. The van der Waals surface area contributed by atoms with Gasteiger partial charge in [-0.1, -0.05) is 19.8 Å². The lowest BCUT2D eigenvalue weighted by atomic mass is 10.0. The minimum Gasteiger partial charge on any atom is -0.486 e. The lowest BCUT2D eigenvalue weighted by Gasteiger charge is -2.38. The van der Waals surface area contributed by atoms with Gasteiger partial charge < -0.3 is 19.4 Å². The lowest BCUT2D eigenvalue weighted by molar-refractivity contribution is 0.107. The number of fused-ring (bicyclic) bond motifs is 2. The van der Waals surface area contributed by atoms with Crippen molar-refractivity contribution in [1.82, 2.24) is 35.0 Å². The number of aromatic nitrogens is 5. The van der Waals surface area contributed by atoms with Crippen molar-refractivity contribution in [2.24, 2.45) is 0 Å². The summed E-state index contributed by atoms with van der Waals surface area (Å²) in [6, 6.07) is 5.77. The molecule has 2 aliphatic heterocycles. The van der Waals surface area contributed by atoms with E-state index in [4.69, 9.17) is 9.47 Å². The van der Waals surface area contributed by atoms with E-state index in [0.29, 0.717) is 36.3 Å². The zero-order valence-corrected chi connectivity index (χ0v) is 19.6. The Hall–Kier alpha value is -2.98. The number of pyridine rings is 1. The number of likely N-dealkylation sites (N-methyl/N-ethyl adjacent to an activating group) is 1. The van der Waals surface area contributed by atoms with Crippen molar-refractivity contribution in [3.05, 3.63) is 39.9 Å². The van der Waals surface area contributed by atoms with E-state index in [1.807, 2.05) is 22.9 Å². The fourth-order valence-corrected chi connectivity index (χ4v) is 5.59. The van der Waals surface area contributed by atoms with Crippen LogP contribution in [0.3, 0.4) is 0 Å². The topological polar surface area (TPSA) is 101 Å². The summed E-state index contributed by atoms with van der Waals surface area (Å²) in [5, 5.41) is 13.9. The molecule has 1 saturated heterocycles. The van der Waals surface area contributed by atoms with Gasteiger partial charge in [0.1, 0.15) is 19.3 Å². The van der Waals surface area contributed by atoms with E-state index < -0.39 is 0 Å². The molecular weight excluding hydrogens is 434 g/mol. The van der Waals surface area contributed by atoms with Crippen LogP contribution in [-0.4, -0.2) is 80.9 Å². The Morgan fingerprint density at radius 2 is 1.79 bits per heavy atom. The smallest absolute Gasteiger partial charge is 0.253 e. The largest absolute Gasteiger partial charge is 0.486 e. The van der Waals surface area contributed by atoms with E-state index in [-0.39, 0.29) is 11.6 Å². The molecule has 3 aromatic rings. The Kier molecular flexibility index (Phi) is 5.70. The van der Waals surface area contributed by atoms with E-state index in [1.54, 1.807) is 0 Å². The summed E-state index contributed by atoms with van der Waals surface area (Å²) in [6.45, 7) is 7.88. The predicted octanol–water partition coefficient (Wildman–Crippen LogP) is 2.13. The zero-order chi connectivity index (χ0) is 23.1. The van der Waals surface area contributed by atoms with Crippen molar-refractivity contribution >= 4 is 10.9 Å². The fourth-order valence-electron chi connectivity index (χ4n) is 5.59. The molecule has 1 N–H and O–H groups in total. The third-order valence-corrected chi connectivity index (χ3v) is 7.48. The van der Waals surface area contributed by atoms with Crippen molar-refractivity contribution in [2.45, 2.75) is 44.7 Å². The molecule has 0 unspecified atom stereocenters. The Bertz CT molecular complexity index is 1230. The van der Waals surface area contributed by atoms with Crippen LogP contribution in [-0.2, 0) is 0 Å². The summed E-state index contributed by atoms with van der Waals surface area (Å²) in [7, 11) is 0. The summed E-state index contributed by atoms with van der Waals surface area (Å²) >= 11 is 0. The highest BCUT2D eigenvalue weighted by atomic mass is 16.6. The van der Waals surface area contributed by atoms with Crippen LogP contribution >= 0.6 is 0 Å². The first kappa shape index (κ1) is 21.5. The zero-order valence-electron chi connectivity index (χ0n) is 19.6. The normalized spacial score (nSPS) is 20.7. The van der Waals surface area contributed by atoms with Gasteiger partial charge in [-0.2, -0.15) is 0 Å². The second kappa shape index (κ2) is 8.99. The van der Waals surface area contributed by atoms with Crippen LogP contribution in [0, 0.1) is 0 Å². The van der Waals surface area contributed by atoms with E-state index in [1.165, 1.54) is 12.8 Å². The molecule has 34 heavy (non-hydrogen) atoms. The summed E-state index contributed by atoms with van der Waals surface area (Å²) in [5.41, 5.74) is 1.29. The molecule has 0 radical (unpaired) electrons. The molecule has 1 atom stereocenters. The lowest BCUT2D eigenvalue weighted by Crippen LogP contribution is -2.49. The number of tetrazole rings is 1. The average molecular weight is 466 g/mol. The predicted molar refractivity (Wildman–Crippen MR) is 126 cm³/mol. The Morgan fingerprint density at radius 1 is 1.06 bits per heavy atom. The first-order valence-electron chi connectivity index (χ1n) is 12.4. The number of H-pyrrole nitrogens is 1. The van der Waals surface area contributed by atoms with Crippen LogP contribution < -0.4 is 15.0 Å².